The first-order valence-corrected chi connectivity index (χ1v) is 12.9. The molecule has 16 nitrogen and oxygen atoms in total. The molecule has 0 aliphatic carbocycles. The van der Waals surface area contributed by atoms with Crippen LogP contribution in [-0.4, -0.2) is 159 Å². The van der Waals surface area contributed by atoms with Crippen LogP contribution in [0.3, 0.4) is 0 Å². The minimum Gasteiger partial charge on any atom is -0.394 e. The number of carbonyl (C=O) groups is 1. The molecule has 0 aromatic rings. The SMILES string of the molecule is CCCO[C@@H]1OC(C)[C@H](O)[C@H](O[C@H]2O[C@@H](CO)[C@@H](O)C(O)C2O)C1O[C@@H]1OC(CO)[C@@H](O)C(O)[C@@H]1NC(C)=O. The number of ether oxygens (including phenoxy) is 6. The van der Waals surface area contributed by atoms with Crippen LogP contribution in [0.5, 0.6) is 0 Å². The molecule has 1 amide bonds. The van der Waals surface area contributed by atoms with Gasteiger partial charge in [-0.05, 0) is 13.3 Å². The predicted octanol–water partition coefficient (Wildman–Crippen LogP) is -4.97. The van der Waals surface area contributed by atoms with Crippen molar-refractivity contribution in [2.75, 3.05) is 19.8 Å². The van der Waals surface area contributed by atoms with Crippen LogP contribution in [0.2, 0.25) is 0 Å². The Morgan fingerprint density at radius 1 is 0.744 bits per heavy atom. The Bertz CT molecular complexity index is 776. The highest BCUT2D eigenvalue weighted by Gasteiger charge is 2.54. The van der Waals surface area contributed by atoms with Gasteiger partial charge in [-0.3, -0.25) is 4.79 Å². The van der Waals surface area contributed by atoms with Crippen molar-refractivity contribution >= 4 is 5.91 Å². The number of nitrogens with one attached hydrogen (secondary N) is 1. The summed E-state index contributed by atoms with van der Waals surface area (Å²) < 4.78 is 34.6. The summed E-state index contributed by atoms with van der Waals surface area (Å²) >= 11 is 0. The lowest BCUT2D eigenvalue weighted by atomic mass is 9.95. The third-order valence-electron chi connectivity index (χ3n) is 6.93. The standard InChI is InChI=1S/C23H41NO15/c1-4-5-34-23-20(39-21-12(24-9(3)27)16(31)14(29)10(6-25)36-21)19(13(28)8(2)35-23)38-22-18(33)17(32)15(30)11(7-26)37-22/h8,10-23,25-26,28-33H,4-7H2,1-3H3,(H,24,27)/t8?,10?,11-,12-,13-,14+,15+,16?,17?,18?,19-,20?,21-,22+,23+/m0/s1. The van der Waals surface area contributed by atoms with Gasteiger partial charge < -0.3 is 74.6 Å². The molecule has 0 spiro atoms. The van der Waals surface area contributed by atoms with E-state index in [4.69, 9.17) is 28.4 Å². The Morgan fingerprint density at radius 3 is 1.87 bits per heavy atom. The van der Waals surface area contributed by atoms with Gasteiger partial charge in [0.2, 0.25) is 5.91 Å². The van der Waals surface area contributed by atoms with E-state index in [-0.39, 0.29) is 6.61 Å². The van der Waals surface area contributed by atoms with E-state index in [1.807, 2.05) is 6.92 Å². The van der Waals surface area contributed by atoms with Crippen molar-refractivity contribution in [3.8, 4) is 0 Å². The van der Waals surface area contributed by atoms with Crippen molar-refractivity contribution in [1.29, 1.82) is 0 Å². The second-order valence-corrected chi connectivity index (χ2v) is 9.90. The summed E-state index contributed by atoms with van der Waals surface area (Å²) in [4.78, 5) is 11.8. The van der Waals surface area contributed by atoms with E-state index in [9.17, 15) is 45.6 Å². The maximum absolute atomic E-state index is 11.8. The molecular formula is C23H41NO15. The molecule has 39 heavy (non-hydrogen) atoms. The zero-order chi connectivity index (χ0) is 29.0. The maximum Gasteiger partial charge on any atom is 0.217 e. The van der Waals surface area contributed by atoms with Gasteiger partial charge in [0.25, 0.3) is 0 Å². The van der Waals surface area contributed by atoms with Gasteiger partial charge in [-0.1, -0.05) is 6.92 Å². The lowest BCUT2D eigenvalue weighted by Crippen LogP contribution is -2.68. The van der Waals surface area contributed by atoms with Gasteiger partial charge in [0.15, 0.2) is 18.9 Å². The second kappa shape index (κ2) is 14.2. The minimum atomic E-state index is -1.79. The first-order chi connectivity index (χ1) is 18.4. The lowest BCUT2D eigenvalue weighted by molar-refractivity contribution is -0.383. The molecule has 9 N–H and O–H groups in total. The molecule has 0 aromatic carbocycles. The van der Waals surface area contributed by atoms with Crippen molar-refractivity contribution in [3.05, 3.63) is 0 Å². The van der Waals surface area contributed by atoms with Gasteiger partial charge in [0.05, 0.1) is 19.3 Å². The lowest BCUT2D eigenvalue weighted by Gasteiger charge is -2.49. The summed E-state index contributed by atoms with van der Waals surface area (Å²) in [7, 11) is 0. The molecule has 0 aromatic heterocycles. The molecule has 3 heterocycles. The molecule has 16 heteroatoms. The summed E-state index contributed by atoms with van der Waals surface area (Å²) in [5.41, 5.74) is 0. The van der Waals surface area contributed by atoms with E-state index < -0.39 is 111 Å². The fourth-order valence-electron chi connectivity index (χ4n) is 4.73. The Morgan fingerprint density at radius 2 is 1.31 bits per heavy atom. The summed E-state index contributed by atoms with van der Waals surface area (Å²) in [6.07, 6.45) is -20.0. The molecule has 6 unspecified atom stereocenters. The fraction of sp³-hybridized carbons (Fsp3) is 0.957. The van der Waals surface area contributed by atoms with Gasteiger partial charge in [0, 0.05) is 13.5 Å². The Hall–Kier alpha value is -1.09. The van der Waals surface area contributed by atoms with Gasteiger partial charge in [0.1, 0.15) is 67.1 Å². The molecule has 3 aliphatic heterocycles. The van der Waals surface area contributed by atoms with E-state index >= 15 is 0 Å². The fourth-order valence-corrected chi connectivity index (χ4v) is 4.73. The number of aliphatic hydroxyl groups excluding tert-OH is 8. The van der Waals surface area contributed by atoms with Gasteiger partial charge in [-0.2, -0.15) is 0 Å². The molecule has 3 saturated heterocycles. The molecule has 3 fully saturated rings. The van der Waals surface area contributed by atoms with E-state index in [1.54, 1.807) is 0 Å². The molecule has 0 bridgehead atoms. The minimum absolute atomic E-state index is 0.182. The number of carbonyl (C=O) groups excluding carboxylic acids is 1. The molecule has 0 radical (unpaired) electrons. The van der Waals surface area contributed by atoms with Crippen molar-refractivity contribution in [1.82, 2.24) is 5.32 Å². The molecule has 0 saturated carbocycles. The number of amides is 1. The first kappa shape index (κ1) is 32.4. The number of rotatable bonds is 10. The third-order valence-corrected chi connectivity index (χ3v) is 6.93. The second-order valence-electron chi connectivity index (χ2n) is 9.90. The zero-order valence-corrected chi connectivity index (χ0v) is 21.9. The van der Waals surface area contributed by atoms with Crippen LogP contribution in [0, 0.1) is 0 Å². The Labute approximate surface area is 224 Å². The highest BCUT2D eigenvalue weighted by atomic mass is 16.8. The first-order valence-electron chi connectivity index (χ1n) is 12.9. The van der Waals surface area contributed by atoms with E-state index in [2.05, 4.69) is 5.32 Å². The number of hydrogen-bond donors (Lipinski definition) is 9. The van der Waals surface area contributed by atoms with Crippen molar-refractivity contribution in [2.24, 2.45) is 0 Å². The Balaban J connectivity index is 1.93. The molecular weight excluding hydrogens is 530 g/mol. The monoisotopic (exact) mass is 571 g/mol. The van der Waals surface area contributed by atoms with E-state index in [1.165, 1.54) is 13.8 Å². The highest BCUT2D eigenvalue weighted by molar-refractivity contribution is 5.73. The summed E-state index contributed by atoms with van der Waals surface area (Å²) in [5.74, 6) is -0.590. The summed E-state index contributed by atoms with van der Waals surface area (Å²) in [6.45, 7) is 3.29. The van der Waals surface area contributed by atoms with Crippen molar-refractivity contribution in [3.63, 3.8) is 0 Å². The van der Waals surface area contributed by atoms with E-state index in [0.29, 0.717) is 6.42 Å². The molecule has 228 valence electrons. The average molecular weight is 572 g/mol. The topological polar surface area (TPSA) is 246 Å². The highest BCUT2D eigenvalue weighted by Crippen LogP contribution is 2.33. The van der Waals surface area contributed by atoms with Gasteiger partial charge in [-0.25, -0.2) is 0 Å². The van der Waals surface area contributed by atoms with Crippen LogP contribution in [-0.2, 0) is 33.2 Å². The zero-order valence-electron chi connectivity index (χ0n) is 21.9. The van der Waals surface area contributed by atoms with Crippen LogP contribution in [0.15, 0.2) is 0 Å². The summed E-state index contributed by atoms with van der Waals surface area (Å²) in [5, 5.41) is 84.4. The van der Waals surface area contributed by atoms with Crippen LogP contribution < -0.4 is 5.32 Å². The van der Waals surface area contributed by atoms with Gasteiger partial charge in [-0.15, -0.1) is 0 Å². The number of hydrogen-bond acceptors (Lipinski definition) is 15. The van der Waals surface area contributed by atoms with Crippen LogP contribution in [0.1, 0.15) is 27.2 Å². The number of aliphatic hydroxyl groups is 8. The average Bonchev–Trinajstić information content (AvgIpc) is 2.90. The van der Waals surface area contributed by atoms with Crippen LogP contribution in [0.4, 0.5) is 0 Å². The van der Waals surface area contributed by atoms with Crippen molar-refractivity contribution in [2.45, 2.75) is 119 Å². The molecule has 3 rings (SSSR count). The quantitative estimate of drug-likeness (QED) is 0.119. The van der Waals surface area contributed by atoms with Gasteiger partial charge >= 0.3 is 0 Å². The smallest absolute Gasteiger partial charge is 0.217 e. The predicted molar refractivity (Wildman–Crippen MR) is 125 cm³/mol. The van der Waals surface area contributed by atoms with E-state index in [0.717, 1.165) is 0 Å². The maximum atomic E-state index is 11.8. The third kappa shape index (κ3) is 7.22. The normalized spacial score (nSPS) is 47.1. The summed E-state index contributed by atoms with van der Waals surface area (Å²) in [6, 6.07) is -1.34. The largest absolute Gasteiger partial charge is 0.394 e. The molecule has 15 atom stereocenters. The Kier molecular flexibility index (Phi) is 11.8. The van der Waals surface area contributed by atoms with Crippen LogP contribution >= 0.6 is 0 Å². The van der Waals surface area contributed by atoms with Crippen LogP contribution in [0.25, 0.3) is 0 Å². The van der Waals surface area contributed by atoms with Crippen molar-refractivity contribution < 1.29 is 74.1 Å². The molecule has 3 aliphatic rings.